The second-order valence-electron chi connectivity index (χ2n) is 4.07. The molecular formula is C14H16FNO4. The molecule has 0 heterocycles. The highest BCUT2D eigenvalue weighted by Gasteiger charge is 2.15. The van der Waals surface area contributed by atoms with Gasteiger partial charge in [0.1, 0.15) is 11.5 Å². The lowest BCUT2D eigenvalue weighted by Crippen LogP contribution is -2.16. The summed E-state index contributed by atoms with van der Waals surface area (Å²) in [7, 11) is 2.36. The predicted octanol–water partition coefficient (Wildman–Crippen LogP) is 2.08. The summed E-state index contributed by atoms with van der Waals surface area (Å²) < 4.78 is 22.8. The molecule has 0 saturated heterocycles. The normalized spacial score (nSPS) is 10.9. The van der Waals surface area contributed by atoms with Gasteiger partial charge >= 0.3 is 11.9 Å². The fourth-order valence-electron chi connectivity index (χ4n) is 1.53. The summed E-state index contributed by atoms with van der Waals surface area (Å²) in [5, 5.41) is 2.68. The smallest absolute Gasteiger partial charge is 0.354 e. The van der Waals surface area contributed by atoms with Crippen LogP contribution in [0.5, 0.6) is 0 Å². The van der Waals surface area contributed by atoms with Crippen molar-refractivity contribution in [1.82, 2.24) is 0 Å². The van der Waals surface area contributed by atoms with Crippen molar-refractivity contribution in [2.24, 2.45) is 0 Å². The van der Waals surface area contributed by atoms with Crippen LogP contribution in [0.4, 0.5) is 10.1 Å². The molecule has 0 bridgehead atoms. The molecule has 0 unspecified atom stereocenters. The Bertz CT molecular complexity index is 567. The van der Waals surface area contributed by atoms with Gasteiger partial charge in [0.25, 0.3) is 0 Å². The van der Waals surface area contributed by atoms with Gasteiger partial charge in [-0.25, -0.2) is 14.0 Å². The Balaban J connectivity index is 3.14. The molecule has 6 heteroatoms. The van der Waals surface area contributed by atoms with Gasteiger partial charge in [-0.15, -0.1) is 0 Å². The zero-order chi connectivity index (χ0) is 15.3. The lowest BCUT2D eigenvalue weighted by atomic mass is 10.1. The Kier molecular flexibility index (Phi) is 5.25. The fourth-order valence-corrected chi connectivity index (χ4v) is 1.53. The van der Waals surface area contributed by atoms with Crippen molar-refractivity contribution in [3.05, 3.63) is 40.8 Å². The number of benzene rings is 1. The molecule has 20 heavy (non-hydrogen) atoms. The van der Waals surface area contributed by atoms with Crippen LogP contribution < -0.4 is 5.32 Å². The minimum atomic E-state index is -0.754. The average Bonchev–Trinajstić information content (AvgIpc) is 2.45. The van der Waals surface area contributed by atoms with Crippen molar-refractivity contribution >= 4 is 17.6 Å². The van der Waals surface area contributed by atoms with E-state index in [0.29, 0.717) is 16.8 Å². The molecule has 0 atom stereocenters. The lowest BCUT2D eigenvalue weighted by Gasteiger charge is -2.13. The molecule has 1 rings (SSSR count). The van der Waals surface area contributed by atoms with Crippen LogP contribution >= 0.6 is 0 Å². The molecule has 108 valence electrons. The maximum Gasteiger partial charge on any atom is 0.354 e. The Hall–Kier alpha value is -2.37. The highest BCUT2D eigenvalue weighted by Crippen LogP contribution is 2.22. The molecule has 0 aliphatic heterocycles. The molecule has 0 saturated carbocycles. The van der Waals surface area contributed by atoms with E-state index >= 15 is 0 Å². The van der Waals surface area contributed by atoms with Crippen molar-refractivity contribution in [1.29, 1.82) is 0 Å². The molecule has 0 radical (unpaired) electrons. The van der Waals surface area contributed by atoms with Crippen molar-refractivity contribution < 1.29 is 23.5 Å². The number of nitrogens with one attached hydrogen (secondary N) is 1. The first-order chi connectivity index (χ1) is 9.40. The number of hydrogen-bond acceptors (Lipinski definition) is 5. The summed E-state index contributed by atoms with van der Waals surface area (Å²) in [6.07, 6.45) is 0.947. The van der Waals surface area contributed by atoms with Crippen LogP contribution in [0.15, 0.2) is 23.9 Å². The number of halogens is 1. The van der Waals surface area contributed by atoms with E-state index in [1.54, 1.807) is 26.0 Å². The molecule has 0 amide bonds. The minimum absolute atomic E-state index is 0.134. The molecule has 0 spiro atoms. The fraction of sp³-hybridized carbons (Fsp3) is 0.286. The molecule has 1 N–H and O–H groups in total. The van der Waals surface area contributed by atoms with Gasteiger partial charge in [-0.1, -0.05) is 6.07 Å². The van der Waals surface area contributed by atoms with Gasteiger partial charge in [0.2, 0.25) is 0 Å². The topological polar surface area (TPSA) is 64.6 Å². The molecule has 0 aliphatic rings. The number of hydrogen-bond donors (Lipinski definition) is 1. The van der Waals surface area contributed by atoms with E-state index in [9.17, 15) is 14.0 Å². The Morgan fingerprint density at radius 2 is 1.85 bits per heavy atom. The zero-order valence-electron chi connectivity index (χ0n) is 11.7. The zero-order valence-corrected chi connectivity index (χ0v) is 11.7. The first-order valence-corrected chi connectivity index (χ1v) is 5.81. The highest BCUT2D eigenvalue weighted by atomic mass is 19.1. The first-order valence-electron chi connectivity index (χ1n) is 5.81. The Labute approximate surface area is 116 Å². The Morgan fingerprint density at radius 1 is 1.20 bits per heavy atom. The van der Waals surface area contributed by atoms with Crippen LogP contribution in [0.1, 0.15) is 11.1 Å². The molecule has 0 fully saturated rings. The SMILES string of the molecule is COC(=O)/C=C(/Nc1ccc(C)c(F)c1C)C(=O)OC. The highest BCUT2D eigenvalue weighted by molar-refractivity contribution is 5.98. The largest absolute Gasteiger partial charge is 0.466 e. The first kappa shape index (κ1) is 15.7. The molecule has 0 aromatic heterocycles. The van der Waals surface area contributed by atoms with Gasteiger partial charge < -0.3 is 14.8 Å². The maximum atomic E-state index is 13.8. The van der Waals surface area contributed by atoms with Gasteiger partial charge in [-0.05, 0) is 25.5 Å². The lowest BCUT2D eigenvalue weighted by molar-refractivity contribution is -0.138. The summed E-state index contributed by atoms with van der Waals surface area (Å²) in [4.78, 5) is 22.8. The van der Waals surface area contributed by atoms with Crippen molar-refractivity contribution in [2.45, 2.75) is 13.8 Å². The number of carbonyl (C=O) groups is 2. The molecule has 5 nitrogen and oxygen atoms in total. The predicted molar refractivity (Wildman–Crippen MR) is 71.6 cm³/mol. The number of aryl methyl sites for hydroxylation is 1. The number of anilines is 1. The number of methoxy groups -OCH3 is 2. The van der Waals surface area contributed by atoms with E-state index in [0.717, 1.165) is 6.08 Å². The third kappa shape index (κ3) is 3.57. The number of rotatable bonds is 4. The van der Waals surface area contributed by atoms with Crippen LogP contribution in [0.25, 0.3) is 0 Å². The van der Waals surface area contributed by atoms with Crippen molar-refractivity contribution in [2.75, 3.05) is 19.5 Å². The third-order valence-electron chi connectivity index (χ3n) is 2.72. The molecular weight excluding hydrogens is 265 g/mol. The molecule has 0 aliphatic carbocycles. The second-order valence-corrected chi connectivity index (χ2v) is 4.07. The molecule has 1 aromatic rings. The van der Waals surface area contributed by atoms with Crippen LogP contribution in [0.3, 0.4) is 0 Å². The van der Waals surface area contributed by atoms with Crippen LogP contribution in [0, 0.1) is 19.7 Å². The maximum absolute atomic E-state index is 13.8. The minimum Gasteiger partial charge on any atom is -0.466 e. The van der Waals surface area contributed by atoms with Crippen LogP contribution in [-0.2, 0) is 19.1 Å². The van der Waals surface area contributed by atoms with Gasteiger partial charge in [0.15, 0.2) is 0 Å². The monoisotopic (exact) mass is 281 g/mol. The molecule has 1 aromatic carbocycles. The Morgan fingerprint density at radius 3 is 2.40 bits per heavy atom. The van der Waals surface area contributed by atoms with Crippen molar-refractivity contribution in [3.8, 4) is 0 Å². The summed E-state index contributed by atoms with van der Waals surface area (Å²) in [5.41, 5.74) is 1.06. The van der Waals surface area contributed by atoms with E-state index < -0.39 is 11.9 Å². The van der Waals surface area contributed by atoms with E-state index in [1.165, 1.54) is 14.2 Å². The van der Waals surface area contributed by atoms with E-state index in [4.69, 9.17) is 0 Å². The average molecular weight is 281 g/mol. The van der Waals surface area contributed by atoms with Gasteiger partial charge in [-0.2, -0.15) is 0 Å². The summed E-state index contributed by atoms with van der Waals surface area (Å²) in [6, 6.07) is 3.18. The van der Waals surface area contributed by atoms with Gasteiger partial charge in [-0.3, -0.25) is 0 Å². The third-order valence-corrected chi connectivity index (χ3v) is 2.72. The number of esters is 2. The van der Waals surface area contributed by atoms with Gasteiger partial charge in [0.05, 0.1) is 20.3 Å². The van der Waals surface area contributed by atoms with Crippen molar-refractivity contribution in [3.63, 3.8) is 0 Å². The standard InChI is InChI=1S/C14H16FNO4/c1-8-5-6-10(9(2)13(8)15)16-11(14(18)20-4)7-12(17)19-3/h5-7,16H,1-4H3/b11-7+. The second kappa shape index (κ2) is 6.70. The van der Waals surface area contributed by atoms with Crippen LogP contribution in [0.2, 0.25) is 0 Å². The van der Waals surface area contributed by atoms with Gasteiger partial charge in [0, 0.05) is 11.3 Å². The summed E-state index contributed by atoms with van der Waals surface area (Å²) >= 11 is 0. The van der Waals surface area contributed by atoms with E-state index in [1.807, 2.05) is 0 Å². The quantitative estimate of drug-likeness (QED) is 0.676. The van der Waals surface area contributed by atoms with E-state index in [2.05, 4.69) is 14.8 Å². The number of ether oxygens (including phenoxy) is 2. The van der Waals surface area contributed by atoms with E-state index in [-0.39, 0.29) is 11.5 Å². The summed E-state index contributed by atoms with van der Waals surface area (Å²) in [6.45, 7) is 3.20. The number of carbonyl (C=O) groups excluding carboxylic acids is 2. The van der Waals surface area contributed by atoms with Crippen LogP contribution in [-0.4, -0.2) is 26.2 Å². The summed E-state index contributed by atoms with van der Waals surface area (Å²) in [5.74, 6) is -1.85.